The van der Waals surface area contributed by atoms with E-state index in [9.17, 15) is 4.39 Å². The van der Waals surface area contributed by atoms with E-state index in [1.807, 2.05) is 37.3 Å². The number of nitrogens with two attached hydrogens (primary N) is 1. The molecule has 0 unspecified atom stereocenters. The molecule has 1 aromatic heterocycles. The van der Waals surface area contributed by atoms with Crippen molar-refractivity contribution in [1.29, 1.82) is 0 Å². The number of halogens is 1. The van der Waals surface area contributed by atoms with Gasteiger partial charge >= 0.3 is 0 Å². The lowest BCUT2D eigenvalue weighted by atomic mass is 10.1. The summed E-state index contributed by atoms with van der Waals surface area (Å²) in [5.41, 5.74) is 10.3. The number of hydrogen-bond donors (Lipinski definition) is 2. The highest BCUT2D eigenvalue weighted by Gasteiger charge is 2.05. The van der Waals surface area contributed by atoms with Gasteiger partial charge in [0.15, 0.2) is 0 Å². The number of benzene rings is 2. The Kier molecular flexibility index (Phi) is 3.74. The number of pyridine rings is 1. The highest BCUT2D eigenvalue weighted by molar-refractivity contribution is 5.68. The van der Waals surface area contributed by atoms with E-state index in [0.717, 1.165) is 28.2 Å². The molecule has 3 N–H and O–H groups in total. The predicted octanol–water partition coefficient (Wildman–Crippen LogP) is 4.52. The highest BCUT2D eigenvalue weighted by atomic mass is 19.1. The van der Waals surface area contributed by atoms with Crippen molar-refractivity contribution in [3.05, 3.63) is 72.2 Å². The van der Waals surface area contributed by atoms with Gasteiger partial charge in [0, 0.05) is 23.1 Å². The summed E-state index contributed by atoms with van der Waals surface area (Å²) in [4.78, 5) is 4.46. The summed E-state index contributed by atoms with van der Waals surface area (Å²) in [5, 5.41) is 3.25. The number of hydrogen-bond acceptors (Lipinski definition) is 3. The van der Waals surface area contributed by atoms with Gasteiger partial charge in [-0.05, 0) is 54.4 Å². The lowest BCUT2D eigenvalue weighted by molar-refractivity contribution is 0.628. The Balaban J connectivity index is 1.87. The Hall–Kier alpha value is -2.88. The van der Waals surface area contributed by atoms with E-state index in [4.69, 9.17) is 5.73 Å². The topological polar surface area (TPSA) is 50.9 Å². The van der Waals surface area contributed by atoms with Crippen LogP contribution in [0.25, 0.3) is 11.1 Å². The average Bonchev–Trinajstić information content (AvgIpc) is 2.50. The van der Waals surface area contributed by atoms with Gasteiger partial charge in [-0.3, -0.25) is 0 Å². The smallest absolute Gasteiger partial charge is 0.133 e. The first-order chi connectivity index (χ1) is 10.6. The summed E-state index contributed by atoms with van der Waals surface area (Å²) in [6, 6.07) is 15.9. The number of nitrogens with one attached hydrogen (secondary N) is 1. The van der Waals surface area contributed by atoms with Gasteiger partial charge in [-0.25, -0.2) is 9.37 Å². The molecule has 0 spiro atoms. The molecule has 3 rings (SSSR count). The fourth-order valence-electron chi connectivity index (χ4n) is 2.26. The molecule has 0 aliphatic rings. The first kappa shape index (κ1) is 14.1. The Morgan fingerprint density at radius 2 is 1.77 bits per heavy atom. The van der Waals surface area contributed by atoms with Crippen LogP contribution < -0.4 is 11.1 Å². The average molecular weight is 293 g/mol. The molecule has 0 saturated heterocycles. The van der Waals surface area contributed by atoms with E-state index in [1.54, 1.807) is 18.3 Å². The third-order valence-electron chi connectivity index (χ3n) is 3.41. The van der Waals surface area contributed by atoms with Gasteiger partial charge in [0.1, 0.15) is 11.6 Å². The third-order valence-corrected chi connectivity index (χ3v) is 3.41. The molecule has 0 amide bonds. The van der Waals surface area contributed by atoms with Crippen molar-refractivity contribution >= 4 is 17.2 Å². The molecule has 0 bridgehead atoms. The number of aromatic nitrogens is 1. The molecule has 0 saturated carbocycles. The Bertz CT molecular complexity index is 798. The number of rotatable bonds is 3. The van der Waals surface area contributed by atoms with Gasteiger partial charge in [-0.2, -0.15) is 0 Å². The van der Waals surface area contributed by atoms with Crippen LogP contribution in [0.15, 0.2) is 60.8 Å². The molecule has 0 atom stereocenters. The van der Waals surface area contributed by atoms with Crippen molar-refractivity contribution in [2.24, 2.45) is 0 Å². The second-order valence-electron chi connectivity index (χ2n) is 5.15. The fraction of sp³-hybridized carbons (Fsp3) is 0.0556. The summed E-state index contributed by atoms with van der Waals surface area (Å²) in [6.45, 7) is 1.98. The Morgan fingerprint density at radius 3 is 2.45 bits per heavy atom. The van der Waals surface area contributed by atoms with E-state index in [1.165, 1.54) is 12.1 Å². The minimum atomic E-state index is -0.242. The molecule has 4 heteroatoms. The maximum absolute atomic E-state index is 13.0. The van der Waals surface area contributed by atoms with E-state index in [0.29, 0.717) is 5.69 Å². The minimum absolute atomic E-state index is 0.242. The summed E-state index contributed by atoms with van der Waals surface area (Å²) in [7, 11) is 0. The van der Waals surface area contributed by atoms with Gasteiger partial charge in [0.25, 0.3) is 0 Å². The number of anilines is 3. The summed E-state index contributed by atoms with van der Waals surface area (Å²) in [6.07, 6.45) is 1.77. The van der Waals surface area contributed by atoms with Crippen LogP contribution >= 0.6 is 0 Å². The molecule has 0 aliphatic heterocycles. The molecule has 0 aliphatic carbocycles. The molecule has 3 nitrogen and oxygen atoms in total. The fourth-order valence-corrected chi connectivity index (χ4v) is 2.26. The zero-order valence-electron chi connectivity index (χ0n) is 12.2. The molecule has 0 fully saturated rings. The van der Waals surface area contributed by atoms with E-state index in [2.05, 4.69) is 10.3 Å². The molecule has 3 aromatic rings. The number of nitrogen functional groups attached to an aromatic ring is 1. The van der Waals surface area contributed by atoms with Crippen LogP contribution in [0.2, 0.25) is 0 Å². The van der Waals surface area contributed by atoms with Crippen LogP contribution in [-0.2, 0) is 0 Å². The Morgan fingerprint density at radius 1 is 1.00 bits per heavy atom. The van der Waals surface area contributed by atoms with Crippen molar-refractivity contribution in [3.8, 4) is 11.1 Å². The normalized spacial score (nSPS) is 10.5. The molecular weight excluding hydrogens is 277 g/mol. The van der Waals surface area contributed by atoms with E-state index in [-0.39, 0.29) is 5.82 Å². The van der Waals surface area contributed by atoms with Crippen molar-refractivity contribution in [3.63, 3.8) is 0 Å². The second kappa shape index (κ2) is 5.85. The largest absolute Gasteiger partial charge is 0.399 e. The quantitative estimate of drug-likeness (QED) is 0.698. The van der Waals surface area contributed by atoms with Crippen LogP contribution in [-0.4, -0.2) is 4.98 Å². The second-order valence-corrected chi connectivity index (χ2v) is 5.15. The maximum Gasteiger partial charge on any atom is 0.133 e. The Labute approximate surface area is 128 Å². The SMILES string of the molecule is Cc1cc(-c2ccc(F)cc2)cnc1Nc1cccc(N)c1. The van der Waals surface area contributed by atoms with Gasteiger partial charge < -0.3 is 11.1 Å². The molecule has 1 heterocycles. The number of aryl methyl sites for hydroxylation is 1. The predicted molar refractivity (Wildman–Crippen MR) is 88.5 cm³/mol. The molecule has 0 radical (unpaired) electrons. The van der Waals surface area contributed by atoms with Gasteiger partial charge in [-0.1, -0.05) is 18.2 Å². The summed E-state index contributed by atoms with van der Waals surface area (Å²) < 4.78 is 13.0. The van der Waals surface area contributed by atoms with Crippen molar-refractivity contribution in [2.45, 2.75) is 6.92 Å². The zero-order valence-corrected chi connectivity index (χ0v) is 12.2. The zero-order chi connectivity index (χ0) is 15.5. The van der Waals surface area contributed by atoms with Gasteiger partial charge in [-0.15, -0.1) is 0 Å². The van der Waals surface area contributed by atoms with Crippen LogP contribution in [0.1, 0.15) is 5.56 Å². The molecule has 2 aromatic carbocycles. The molecule has 110 valence electrons. The van der Waals surface area contributed by atoms with Gasteiger partial charge in [0.05, 0.1) is 0 Å². The van der Waals surface area contributed by atoms with Crippen molar-refractivity contribution in [2.75, 3.05) is 11.1 Å². The summed E-state index contributed by atoms with van der Waals surface area (Å²) in [5.74, 6) is 0.532. The highest BCUT2D eigenvalue weighted by Crippen LogP contribution is 2.25. The summed E-state index contributed by atoms with van der Waals surface area (Å²) >= 11 is 0. The van der Waals surface area contributed by atoms with E-state index >= 15 is 0 Å². The van der Waals surface area contributed by atoms with Crippen LogP contribution in [0.5, 0.6) is 0 Å². The maximum atomic E-state index is 13.0. The lowest BCUT2D eigenvalue weighted by Crippen LogP contribution is -1.97. The van der Waals surface area contributed by atoms with Gasteiger partial charge in [0.2, 0.25) is 0 Å². The molecule has 22 heavy (non-hydrogen) atoms. The minimum Gasteiger partial charge on any atom is -0.399 e. The molecular formula is C18H16FN3. The lowest BCUT2D eigenvalue weighted by Gasteiger charge is -2.11. The van der Waals surface area contributed by atoms with E-state index < -0.39 is 0 Å². The van der Waals surface area contributed by atoms with Crippen molar-refractivity contribution in [1.82, 2.24) is 4.98 Å². The van der Waals surface area contributed by atoms with Crippen LogP contribution in [0.4, 0.5) is 21.6 Å². The first-order valence-electron chi connectivity index (χ1n) is 6.97. The van der Waals surface area contributed by atoms with Crippen LogP contribution in [0, 0.1) is 12.7 Å². The van der Waals surface area contributed by atoms with Crippen LogP contribution in [0.3, 0.4) is 0 Å². The third kappa shape index (κ3) is 3.06. The van der Waals surface area contributed by atoms with Crippen molar-refractivity contribution < 1.29 is 4.39 Å². The standard InChI is InChI=1S/C18H16FN3/c1-12-9-14(13-5-7-15(19)8-6-13)11-21-18(12)22-17-4-2-3-16(20)10-17/h2-11H,20H2,1H3,(H,21,22). The monoisotopic (exact) mass is 293 g/mol. The first-order valence-corrected chi connectivity index (χ1v) is 6.97. The number of nitrogens with zero attached hydrogens (tertiary/aromatic N) is 1.